The van der Waals surface area contributed by atoms with E-state index in [1.165, 1.54) is 10.4 Å². The number of amides is 2. The van der Waals surface area contributed by atoms with Gasteiger partial charge in [-0.25, -0.2) is 0 Å². The molecule has 1 aliphatic heterocycles. The number of carbonyl (C=O) groups excluding carboxylic acids is 2. The van der Waals surface area contributed by atoms with Crippen LogP contribution in [0.15, 0.2) is 6.07 Å². The normalized spacial score (nSPS) is 20.6. The molecule has 2 heterocycles. The van der Waals surface area contributed by atoms with Gasteiger partial charge in [0.05, 0.1) is 13.1 Å². The van der Waals surface area contributed by atoms with Crippen molar-refractivity contribution in [3.63, 3.8) is 0 Å². The molecular weight excluding hydrogens is 236 g/mol. The van der Waals surface area contributed by atoms with Crippen LogP contribution in [0.2, 0.25) is 0 Å². The van der Waals surface area contributed by atoms with E-state index in [4.69, 9.17) is 0 Å². The molecule has 2 amide bonds. The molecule has 17 heavy (non-hydrogen) atoms. The molecule has 0 saturated carbocycles. The fourth-order valence-electron chi connectivity index (χ4n) is 1.89. The monoisotopic (exact) mass is 252 g/mol. The average molecular weight is 252 g/mol. The first-order chi connectivity index (χ1) is 7.99. The summed E-state index contributed by atoms with van der Waals surface area (Å²) in [7, 11) is 0. The third-order valence-corrected chi connectivity index (χ3v) is 4.26. The SMILES string of the molecule is Cc1cc(CN2C(=O)CNC(=O)C2C)sc1C. The van der Waals surface area contributed by atoms with Crippen LogP contribution in [0.4, 0.5) is 0 Å². The lowest BCUT2D eigenvalue weighted by atomic mass is 10.2. The van der Waals surface area contributed by atoms with E-state index in [0.717, 1.165) is 4.88 Å². The highest BCUT2D eigenvalue weighted by Gasteiger charge is 2.31. The smallest absolute Gasteiger partial charge is 0.242 e. The fourth-order valence-corrected chi connectivity index (χ4v) is 2.94. The minimum absolute atomic E-state index is 0.0131. The molecule has 0 bridgehead atoms. The average Bonchev–Trinajstić information content (AvgIpc) is 2.59. The number of nitrogens with one attached hydrogen (secondary N) is 1. The molecule has 5 heteroatoms. The second-order valence-electron chi connectivity index (χ2n) is 4.37. The number of thiophene rings is 1. The third-order valence-electron chi connectivity index (χ3n) is 3.12. The number of carbonyl (C=O) groups is 2. The molecule has 1 N–H and O–H groups in total. The van der Waals surface area contributed by atoms with Crippen molar-refractivity contribution in [3.05, 3.63) is 21.4 Å². The fraction of sp³-hybridized carbons (Fsp3) is 0.500. The third kappa shape index (κ3) is 2.34. The zero-order valence-electron chi connectivity index (χ0n) is 10.2. The van der Waals surface area contributed by atoms with Crippen molar-refractivity contribution in [2.24, 2.45) is 0 Å². The Hall–Kier alpha value is -1.36. The lowest BCUT2D eigenvalue weighted by Crippen LogP contribution is -2.56. The van der Waals surface area contributed by atoms with E-state index < -0.39 is 0 Å². The first kappa shape index (κ1) is 12.1. The lowest BCUT2D eigenvalue weighted by molar-refractivity contribution is -0.145. The van der Waals surface area contributed by atoms with Crippen LogP contribution in [0.25, 0.3) is 0 Å². The molecule has 1 unspecified atom stereocenters. The zero-order valence-corrected chi connectivity index (χ0v) is 11.1. The molecule has 1 fully saturated rings. The largest absolute Gasteiger partial charge is 0.345 e. The van der Waals surface area contributed by atoms with E-state index in [0.29, 0.717) is 6.54 Å². The lowest BCUT2D eigenvalue weighted by Gasteiger charge is -2.32. The van der Waals surface area contributed by atoms with Crippen molar-refractivity contribution >= 4 is 23.2 Å². The van der Waals surface area contributed by atoms with Gasteiger partial charge in [0.25, 0.3) is 0 Å². The van der Waals surface area contributed by atoms with Crippen molar-refractivity contribution < 1.29 is 9.59 Å². The molecule has 92 valence electrons. The molecule has 1 aromatic rings. The highest BCUT2D eigenvalue weighted by atomic mass is 32.1. The molecule has 1 atom stereocenters. The van der Waals surface area contributed by atoms with E-state index in [1.807, 2.05) is 0 Å². The Bertz CT molecular complexity index is 448. The van der Waals surface area contributed by atoms with Crippen LogP contribution in [-0.4, -0.2) is 29.3 Å². The second-order valence-corrected chi connectivity index (χ2v) is 5.71. The van der Waals surface area contributed by atoms with Gasteiger partial charge in [-0.2, -0.15) is 0 Å². The van der Waals surface area contributed by atoms with Gasteiger partial charge in [-0.15, -0.1) is 11.3 Å². The minimum atomic E-state index is -0.376. The van der Waals surface area contributed by atoms with Gasteiger partial charge in [-0.05, 0) is 32.4 Å². The summed E-state index contributed by atoms with van der Waals surface area (Å²) in [6, 6.07) is 1.71. The van der Waals surface area contributed by atoms with Crippen molar-refractivity contribution in [1.29, 1.82) is 0 Å². The molecule has 0 aromatic carbocycles. The number of hydrogen-bond donors (Lipinski definition) is 1. The summed E-state index contributed by atoms with van der Waals surface area (Å²) < 4.78 is 0. The molecule has 0 aliphatic carbocycles. The van der Waals surface area contributed by atoms with E-state index in [-0.39, 0.29) is 24.4 Å². The molecule has 0 radical (unpaired) electrons. The minimum Gasteiger partial charge on any atom is -0.345 e. The van der Waals surface area contributed by atoms with Crippen molar-refractivity contribution in [1.82, 2.24) is 10.2 Å². The molecule has 2 rings (SSSR count). The highest BCUT2D eigenvalue weighted by Crippen LogP contribution is 2.23. The summed E-state index contributed by atoms with van der Waals surface area (Å²) in [5.74, 6) is -0.0876. The van der Waals surface area contributed by atoms with E-state index >= 15 is 0 Å². The summed E-state index contributed by atoms with van der Waals surface area (Å²) in [5.41, 5.74) is 1.24. The van der Waals surface area contributed by atoms with Crippen LogP contribution in [0.5, 0.6) is 0 Å². The summed E-state index contributed by atoms with van der Waals surface area (Å²) in [6.07, 6.45) is 0. The van der Waals surface area contributed by atoms with Gasteiger partial charge in [0, 0.05) is 9.75 Å². The zero-order chi connectivity index (χ0) is 12.6. The van der Waals surface area contributed by atoms with Crippen LogP contribution in [-0.2, 0) is 16.1 Å². The molecule has 1 saturated heterocycles. The molecular formula is C12H16N2O2S. The Morgan fingerprint density at radius 1 is 1.47 bits per heavy atom. The Balaban J connectivity index is 2.16. The number of piperazine rings is 1. The predicted octanol–water partition coefficient (Wildman–Crippen LogP) is 1.21. The van der Waals surface area contributed by atoms with Gasteiger partial charge in [0.2, 0.25) is 11.8 Å². The van der Waals surface area contributed by atoms with Gasteiger partial charge < -0.3 is 10.2 Å². The van der Waals surface area contributed by atoms with Crippen LogP contribution in [0, 0.1) is 13.8 Å². The summed E-state index contributed by atoms with van der Waals surface area (Å²) in [4.78, 5) is 27.3. The molecule has 4 nitrogen and oxygen atoms in total. The van der Waals surface area contributed by atoms with Gasteiger partial charge in [0.1, 0.15) is 6.04 Å². The number of rotatable bonds is 2. The molecule has 1 aromatic heterocycles. The summed E-state index contributed by atoms with van der Waals surface area (Å²) in [5, 5.41) is 2.59. The highest BCUT2D eigenvalue weighted by molar-refractivity contribution is 7.12. The van der Waals surface area contributed by atoms with Crippen molar-refractivity contribution in [2.45, 2.75) is 33.4 Å². The van der Waals surface area contributed by atoms with Crippen LogP contribution in [0.1, 0.15) is 22.2 Å². The van der Waals surface area contributed by atoms with Gasteiger partial charge >= 0.3 is 0 Å². The molecule has 0 spiro atoms. The Labute approximate surface area is 105 Å². The predicted molar refractivity (Wildman–Crippen MR) is 66.8 cm³/mol. The van der Waals surface area contributed by atoms with Gasteiger partial charge in [-0.3, -0.25) is 9.59 Å². The van der Waals surface area contributed by atoms with Crippen LogP contribution < -0.4 is 5.32 Å². The maximum absolute atomic E-state index is 11.8. The number of nitrogens with zero attached hydrogens (tertiary/aromatic N) is 1. The Morgan fingerprint density at radius 2 is 2.18 bits per heavy atom. The summed E-state index contributed by atoms with van der Waals surface area (Å²) >= 11 is 1.69. The topological polar surface area (TPSA) is 49.4 Å². The van der Waals surface area contributed by atoms with E-state index in [1.54, 1.807) is 23.2 Å². The maximum Gasteiger partial charge on any atom is 0.242 e. The summed E-state index contributed by atoms with van der Waals surface area (Å²) in [6.45, 7) is 6.54. The second kappa shape index (κ2) is 4.49. The van der Waals surface area contributed by atoms with Gasteiger partial charge in [-0.1, -0.05) is 0 Å². The van der Waals surface area contributed by atoms with E-state index in [9.17, 15) is 9.59 Å². The Kier molecular flexibility index (Phi) is 3.19. The quantitative estimate of drug-likeness (QED) is 0.860. The van der Waals surface area contributed by atoms with E-state index in [2.05, 4.69) is 25.2 Å². The molecule has 1 aliphatic rings. The van der Waals surface area contributed by atoms with Crippen LogP contribution >= 0.6 is 11.3 Å². The van der Waals surface area contributed by atoms with Crippen molar-refractivity contribution in [3.8, 4) is 0 Å². The van der Waals surface area contributed by atoms with Crippen LogP contribution in [0.3, 0.4) is 0 Å². The van der Waals surface area contributed by atoms with Gasteiger partial charge in [0.15, 0.2) is 0 Å². The first-order valence-corrected chi connectivity index (χ1v) is 6.44. The first-order valence-electron chi connectivity index (χ1n) is 5.62. The standard InChI is InChI=1S/C12H16N2O2S/c1-7-4-10(17-9(7)3)6-14-8(2)12(16)13-5-11(14)15/h4,8H,5-6H2,1-3H3,(H,13,16). The number of hydrogen-bond acceptors (Lipinski definition) is 3. The number of aryl methyl sites for hydroxylation is 2. The van der Waals surface area contributed by atoms with Crippen molar-refractivity contribution in [2.75, 3.05) is 6.54 Å². The Morgan fingerprint density at radius 3 is 2.76 bits per heavy atom. The maximum atomic E-state index is 11.8.